The molecular weight excluding hydrogens is 1010 g/mol. The van der Waals surface area contributed by atoms with E-state index in [1.165, 1.54) is 122 Å². The van der Waals surface area contributed by atoms with Gasteiger partial charge in [0.2, 0.25) is 0 Å². The lowest BCUT2D eigenvalue weighted by atomic mass is 10.0. The third-order valence-corrected chi connectivity index (χ3v) is 14.4. The van der Waals surface area contributed by atoms with E-state index in [-0.39, 0.29) is 31.1 Å². The number of allylic oxidation sites excluding steroid dienone is 22. The maximum Gasteiger partial charge on any atom is 0.306 e. The minimum atomic E-state index is -0.797. The molecule has 0 aliphatic heterocycles. The molecule has 0 fully saturated rings. The summed E-state index contributed by atoms with van der Waals surface area (Å²) in [4.78, 5) is 38.4. The molecule has 0 aromatic rings. The molecule has 0 aliphatic carbocycles. The molecule has 466 valence electrons. The number of rotatable bonds is 61. The summed E-state index contributed by atoms with van der Waals surface area (Å²) < 4.78 is 16.9. The molecule has 0 rings (SSSR count). The molecule has 0 radical (unpaired) electrons. The van der Waals surface area contributed by atoms with Crippen molar-refractivity contribution in [2.75, 3.05) is 13.2 Å². The molecule has 0 amide bonds. The van der Waals surface area contributed by atoms with Crippen molar-refractivity contribution in [3.63, 3.8) is 0 Å². The van der Waals surface area contributed by atoms with E-state index < -0.39 is 6.10 Å². The zero-order valence-electron chi connectivity index (χ0n) is 53.5. The van der Waals surface area contributed by atoms with E-state index in [1.807, 2.05) is 0 Å². The van der Waals surface area contributed by atoms with Crippen molar-refractivity contribution in [3.05, 3.63) is 134 Å². The fraction of sp³-hybridized carbons (Fsp3) is 0.671. The van der Waals surface area contributed by atoms with Crippen LogP contribution in [-0.2, 0) is 28.6 Å². The molecule has 1 unspecified atom stereocenters. The van der Waals surface area contributed by atoms with Crippen molar-refractivity contribution in [2.45, 2.75) is 316 Å². The first-order valence-corrected chi connectivity index (χ1v) is 34.2. The van der Waals surface area contributed by atoms with Crippen LogP contribution in [0.4, 0.5) is 0 Å². The van der Waals surface area contributed by atoms with Crippen molar-refractivity contribution < 1.29 is 28.6 Å². The minimum absolute atomic E-state index is 0.0899. The Kier molecular flexibility index (Phi) is 65.3. The quantitative estimate of drug-likeness (QED) is 0.0261. The van der Waals surface area contributed by atoms with Gasteiger partial charge in [-0.1, -0.05) is 309 Å². The van der Waals surface area contributed by atoms with Gasteiger partial charge in [0.1, 0.15) is 13.2 Å². The van der Waals surface area contributed by atoms with Crippen molar-refractivity contribution in [1.29, 1.82) is 0 Å². The molecule has 6 nitrogen and oxygen atoms in total. The largest absolute Gasteiger partial charge is 0.462 e. The molecule has 0 bridgehead atoms. The summed E-state index contributed by atoms with van der Waals surface area (Å²) in [6.07, 6.45) is 97.5. The Morgan fingerprint density at radius 3 is 0.744 bits per heavy atom. The molecule has 0 aromatic heterocycles. The summed E-state index contributed by atoms with van der Waals surface area (Å²) in [5.74, 6) is -0.912. The predicted molar refractivity (Wildman–Crippen MR) is 357 cm³/mol. The number of esters is 3. The van der Waals surface area contributed by atoms with Crippen LogP contribution in [0.3, 0.4) is 0 Å². The van der Waals surface area contributed by atoms with Gasteiger partial charge in [-0.15, -0.1) is 0 Å². The van der Waals surface area contributed by atoms with Crippen LogP contribution in [0.5, 0.6) is 0 Å². The fourth-order valence-electron chi connectivity index (χ4n) is 9.36. The lowest BCUT2D eigenvalue weighted by molar-refractivity contribution is -0.167. The number of unbranched alkanes of at least 4 members (excludes halogenated alkanes) is 28. The van der Waals surface area contributed by atoms with E-state index in [4.69, 9.17) is 14.2 Å². The maximum atomic E-state index is 12.9. The van der Waals surface area contributed by atoms with Gasteiger partial charge in [0.05, 0.1) is 0 Å². The number of hydrogen-bond acceptors (Lipinski definition) is 6. The van der Waals surface area contributed by atoms with Gasteiger partial charge in [0.25, 0.3) is 0 Å². The molecular formula is C76H126O6. The second-order valence-electron chi connectivity index (χ2n) is 22.3. The molecule has 0 heterocycles. The summed E-state index contributed by atoms with van der Waals surface area (Å²) in [5, 5.41) is 0. The molecule has 82 heavy (non-hydrogen) atoms. The number of ether oxygens (including phenoxy) is 3. The Morgan fingerprint density at radius 1 is 0.256 bits per heavy atom. The molecule has 1 atom stereocenters. The van der Waals surface area contributed by atoms with Gasteiger partial charge in [-0.05, 0) is 116 Å². The second kappa shape index (κ2) is 69.0. The molecule has 6 heteroatoms. The number of carbonyl (C=O) groups excluding carboxylic acids is 3. The van der Waals surface area contributed by atoms with Crippen LogP contribution in [0.15, 0.2) is 134 Å². The van der Waals surface area contributed by atoms with E-state index in [0.717, 1.165) is 148 Å². The third-order valence-electron chi connectivity index (χ3n) is 14.4. The Balaban J connectivity index is 4.35. The Labute approximate surface area is 506 Å². The first kappa shape index (κ1) is 77.5. The molecule has 0 saturated carbocycles. The van der Waals surface area contributed by atoms with E-state index >= 15 is 0 Å². The summed E-state index contributed by atoms with van der Waals surface area (Å²) >= 11 is 0. The summed E-state index contributed by atoms with van der Waals surface area (Å²) in [6.45, 7) is 6.41. The fourth-order valence-corrected chi connectivity index (χ4v) is 9.36. The van der Waals surface area contributed by atoms with Crippen LogP contribution < -0.4 is 0 Å². The molecule has 0 saturated heterocycles. The summed E-state index contributed by atoms with van der Waals surface area (Å²) in [7, 11) is 0. The van der Waals surface area contributed by atoms with Crippen molar-refractivity contribution in [3.8, 4) is 0 Å². The highest BCUT2D eigenvalue weighted by Crippen LogP contribution is 2.16. The highest BCUT2D eigenvalue weighted by atomic mass is 16.6. The lowest BCUT2D eigenvalue weighted by Gasteiger charge is -2.18. The minimum Gasteiger partial charge on any atom is -0.462 e. The van der Waals surface area contributed by atoms with E-state index in [2.05, 4.69) is 154 Å². The molecule has 0 aliphatic rings. The normalized spacial score (nSPS) is 13.0. The zero-order chi connectivity index (χ0) is 59.2. The molecule has 0 aromatic carbocycles. The average molecular weight is 1140 g/mol. The maximum absolute atomic E-state index is 12.9. The smallest absolute Gasteiger partial charge is 0.306 e. The zero-order valence-corrected chi connectivity index (χ0v) is 53.5. The summed E-state index contributed by atoms with van der Waals surface area (Å²) in [5.41, 5.74) is 0. The molecule has 0 N–H and O–H groups in total. The van der Waals surface area contributed by atoms with Gasteiger partial charge in [0.15, 0.2) is 6.10 Å². The Bertz CT molecular complexity index is 1730. The number of hydrogen-bond donors (Lipinski definition) is 0. The average Bonchev–Trinajstić information content (AvgIpc) is 3.48. The Morgan fingerprint density at radius 2 is 0.476 bits per heavy atom. The first-order valence-electron chi connectivity index (χ1n) is 34.2. The monoisotopic (exact) mass is 1130 g/mol. The van der Waals surface area contributed by atoms with Crippen LogP contribution in [0.1, 0.15) is 310 Å². The van der Waals surface area contributed by atoms with E-state index in [0.29, 0.717) is 19.3 Å². The van der Waals surface area contributed by atoms with Gasteiger partial charge in [-0.3, -0.25) is 14.4 Å². The highest BCUT2D eigenvalue weighted by Gasteiger charge is 2.19. The van der Waals surface area contributed by atoms with E-state index in [1.54, 1.807) is 0 Å². The third kappa shape index (κ3) is 66.4. The van der Waals surface area contributed by atoms with Gasteiger partial charge in [-0.2, -0.15) is 0 Å². The van der Waals surface area contributed by atoms with Gasteiger partial charge >= 0.3 is 17.9 Å². The molecule has 0 spiro atoms. The van der Waals surface area contributed by atoms with Crippen molar-refractivity contribution in [2.24, 2.45) is 0 Å². The van der Waals surface area contributed by atoms with Crippen molar-refractivity contribution in [1.82, 2.24) is 0 Å². The Hall–Kier alpha value is -4.45. The van der Waals surface area contributed by atoms with Crippen LogP contribution in [0.2, 0.25) is 0 Å². The van der Waals surface area contributed by atoms with Crippen LogP contribution in [0.25, 0.3) is 0 Å². The van der Waals surface area contributed by atoms with Crippen LogP contribution in [-0.4, -0.2) is 37.2 Å². The second-order valence-corrected chi connectivity index (χ2v) is 22.3. The standard InChI is InChI=1S/C76H126O6/c1-4-7-10-13-16-19-22-25-28-31-32-33-34-35-36-37-38-39-40-41-42-43-44-46-48-51-54-57-60-63-66-69-75(78)81-72-73(71-80-74(77)68-65-62-59-56-53-50-47-30-27-24-21-18-15-12-9-6-3)82-76(79)70-67-64-61-58-55-52-49-45-29-26-23-20-17-14-11-8-5-2/h7-8,10-11,16-17,19-20,25-26,28-29,32-33,35-36,38-39,41-42,49,52,73H,4-6,9,12-15,18,21-24,27,30-31,34,37,40,43-48,50-51,53-72H2,1-3H3/b10-7-,11-8-,19-16-,20-17-,28-25-,29-26-,33-32-,36-35-,39-38-,42-41-,52-49-. The lowest BCUT2D eigenvalue weighted by Crippen LogP contribution is -2.30. The first-order chi connectivity index (χ1) is 40.5. The van der Waals surface area contributed by atoms with Gasteiger partial charge < -0.3 is 14.2 Å². The van der Waals surface area contributed by atoms with Crippen LogP contribution in [0, 0.1) is 0 Å². The highest BCUT2D eigenvalue weighted by molar-refractivity contribution is 5.71. The topological polar surface area (TPSA) is 78.9 Å². The number of carbonyl (C=O) groups is 3. The predicted octanol–water partition coefficient (Wildman–Crippen LogP) is 23.7. The van der Waals surface area contributed by atoms with Crippen LogP contribution >= 0.6 is 0 Å². The van der Waals surface area contributed by atoms with Crippen molar-refractivity contribution >= 4 is 17.9 Å². The van der Waals surface area contributed by atoms with Gasteiger partial charge in [-0.25, -0.2) is 0 Å². The van der Waals surface area contributed by atoms with Gasteiger partial charge in [0, 0.05) is 19.3 Å². The summed E-state index contributed by atoms with van der Waals surface area (Å²) in [6, 6.07) is 0. The van der Waals surface area contributed by atoms with E-state index in [9.17, 15) is 14.4 Å². The SMILES string of the molecule is CC/C=C\C/C=C\C/C=C\C/C=C\C/C=C\C/C=C\C/C=C\CCCCCCCCCCCC(=O)OCC(COC(=O)CCCCCCCCCCCCCCCCCC)OC(=O)CCCCCC/C=C\C/C=C\C/C=C\C/C=C\CC.